The quantitative estimate of drug-likeness (QED) is 0.465. The number of carbonyl (C=O) groups is 2. The third-order valence-electron chi connectivity index (χ3n) is 6.92. The molecule has 2 amide bonds. The first-order valence-electron chi connectivity index (χ1n) is 12.8. The SMILES string of the molecule is CC/C=C/NC(=O)CCN1CCC(CCCC2CCN(CCC(=O)NCC)CC2)CC1. The highest BCUT2D eigenvalue weighted by Crippen LogP contribution is 2.27. The molecule has 2 heterocycles. The zero-order valence-corrected chi connectivity index (χ0v) is 20.0. The summed E-state index contributed by atoms with van der Waals surface area (Å²) in [5.74, 6) is 2.06. The van der Waals surface area contributed by atoms with E-state index in [-0.39, 0.29) is 11.8 Å². The van der Waals surface area contributed by atoms with Crippen molar-refractivity contribution in [1.82, 2.24) is 20.4 Å². The van der Waals surface area contributed by atoms with Gasteiger partial charge in [-0.3, -0.25) is 9.59 Å². The van der Waals surface area contributed by atoms with Gasteiger partial charge in [-0.25, -0.2) is 0 Å². The maximum atomic E-state index is 11.8. The Labute approximate surface area is 190 Å². The molecule has 31 heavy (non-hydrogen) atoms. The molecule has 0 aromatic rings. The third-order valence-corrected chi connectivity index (χ3v) is 6.92. The van der Waals surface area contributed by atoms with Crippen LogP contribution in [-0.4, -0.2) is 67.4 Å². The first-order valence-corrected chi connectivity index (χ1v) is 12.8. The Morgan fingerprint density at radius 2 is 1.35 bits per heavy atom. The van der Waals surface area contributed by atoms with E-state index in [1.54, 1.807) is 6.20 Å². The second-order valence-corrected chi connectivity index (χ2v) is 9.33. The third kappa shape index (κ3) is 11.2. The fourth-order valence-electron chi connectivity index (χ4n) is 4.84. The molecule has 0 aromatic heterocycles. The van der Waals surface area contributed by atoms with E-state index in [1.807, 2.05) is 13.0 Å². The molecule has 0 spiro atoms. The number of rotatable bonds is 13. The van der Waals surface area contributed by atoms with Gasteiger partial charge in [-0.05, 0) is 83.2 Å². The Kier molecular flexibility index (Phi) is 12.9. The van der Waals surface area contributed by atoms with Crippen LogP contribution >= 0.6 is 0 Å². The van der Waals surface area contributed by atoms with Crippen molar-refractivity contribution in [3.63, 3.8) is 0 Å². The maximum absolute atomic E-state index is 11.8. The lowest BCUT2D eigenvalue weighted by Crippen LogP contribution is -2.37. The number of nitrogens with one attached hydrogen (secondary N) is 2. The monoisotopic (exact) mass is 434 g/mol. The molecule has 0 aromatic carbocycles. The summed E-state index contributed by atoms with van der Waals surface area (Å²) < 4.78 is 0. The molecule has 178 valence electrons. The van der Waals surface area contributed by atoms with Crippen molar-refractivity contribution in [3.05, 3.63) is 12.3 Å². The molecule has 2 rings (SSSR count). The van der Waals surface area contributed by atoms with E-state index in [1.165, 1.54) is 44.9 Å². The van der Waals surface area contributed by atoms with E-state index in [4.69, 9.17) is 0 Å². The number of hydrogen-bond acceptors (Lipinski definition) is 4. The highest BCUT2D eigenvalue weighted by atomic mass is 16.2. The van der Waals surface area contributed by atoms with Crippen LogP contribution in [0.15, 0.2) is 12.3 Å². The molecule has 2 aliphatic heterocycles. The van der Waals surface area contributed by atoms with Gasteiger partial charge in [-0.2, -0.15) is 0 Å². The second-order valence-electron chi connectivity index (χ2n) is 9.33. The van der Waals surface area contributed by atoms with E-state index >= 15 is 0 Å². The lowest BCUT2D eigenvalue weighted by molar-refractivity contribution is -0.121. The zero-order valence-electron chi connectivity index (χ0n) is 20.0. The predicted octanol–water partition coefficient (Wildman–Crippen LogP) is 3.54. The number of piperidine rings is 2. The number of carbonyl (C=O) groups excluding carboxylic acids is 2. The summed E-state index contributed by atoms with van der Waals surface area (Å²) in [6, 6.07) is 0. The van der Waals surface area contributed by atoms with Crippen LogP contribution in [0.2, 0.25) is 0 Å². The molecule has 0 radical (unpaired) electrons. The first-order chi connectivity index (χ1) is 15.1. The fraction of sp³-hybridized carbons (Fsp3) is 0.840. The van der Waals surface area contributed by atoms with E-state index in [2.05, 4.69) is 27.4 Å². The van der Waals surface area contributed by atoms with E-state index in [0.29, 0.717) is 12.8 Å². The van der Waals surface area contributed by atoms with Gasteiger partial charge in [0, 0.05) is 32.5 Å². The Bertz CT molecular complexity index is 536. The van der Waals surface area contributed by atoms with Crippen molar-refractivity contribution in [2.45, 2.75) is 78.1 Å². The van der Waals surface area contributed by atoms with Gasteiger partial charge in [0.25, 0.3) is 0 Å². The van der Waals surface area contributed by atoms with Crippen molar-refractivity contribution in [1.29, 1.82) is 0 Å². The van der Waals surface area contributed by atoms with Gasteiger partial charge in [-0.1, -0.05) is 32.3 Å². The van der Waals surface area contributed by atoms with Crippen LogP contribution in [0.4, 0.5) is 0 Å². The van der Waals surface area contributed by atoms with E-state index in [0.717, 1.165) is 64.1 Å². The van der Waals surface area contributed by atoms with Crippen molar-refractivity contribution in [2.75, 3.05) is 45.8 Å². The molecule has 0 unspecified atom stereocenters. The van der Waals surface area contributed by atoms with Crippen LogP contribution < -0.4 is 10.6 Å². The minimum atomic E-state index is 0.127. The van der Waals surface area contributed by atoms with Gasteiger partial charge in [-0.15, -0.1) is 0 Å². The molecule has 6 heteroatoms. The molecule has 6 nitrogen and oxygen atoms in total. The molecule has 2 fully saturated rings. The second kappa shape index (κ2) is 15.4. The number of amides is 2. The van der Waals surface area contributed by atoms with Crippen LogP contribution in [0.25, 0.3) is 0 Å². The Balaban J connectivity index is 1.48. The summed E-state index contributed by atoms with van der Waals surface area (Å²) in [5, 5.41) is 5.73. The van der Waals surface area contributed by atoms with Crippen LogP contribution in [0.5, 0.6) is 0 Å². The Morgan fingerprint density at radius 3 is 1.84 bits per heavy atom. The van der Waals surface area contributed by atoms with Crippen molar-refractivity contribution in [2.24, 2.45) is 11.8 Å². The number of allylic oxidation sites excluding steroid dienone is 1. The molecule has 2 aliphatic rings. The summed E-state index contributed by atoms with van der Waals surface area (Å²) in [4.78, 5) is 28.4. The summed E-state index contributed by atoms with van der Waals surface area (Å²) in [7, 11) is 0. The molecule has 0 atom stereocenters. The normalized spacial score (nSPS) is 19.7. The Morgan fingerprint density at radius 1 is 0.839 bits per heavy atom. The topological polar surface area (TPSA) is 64.7 Å². The Hall–Kier alpha value is -1.40. The maximum Gasteiger partial charge on any atom is 0.225 e. The van der Waals surface area contributed by atoms with Crippen LogP contribution in [0, 0.1) is 11.8 Å². The lowest BCUT2D eigenvalue weighted by Gasteiger charge is -2.33. The van der Waals surface area contributed by atoms with Gasteiger partial charge in [0.2, 0.25) is 11.8 Å². The molecule has 0 bridgehead atoms. The summed E-state index contributed by atoms with van der Waals surface area (Å²) in [5.41, 5.74) is 0. The standard InChI is InChI=1S/C25H46N4O2/c1-3-5-15-27-25(31)14-21-29-18-11-23(12-19-29)8-6-7-22-9-16-28(17-10-22)20-13-24(30)26-4-2/h5,15,22-23H,3-4,6-14,16-21H2,1-2H3,(H,26,30)(H,27,31)/b15-5+. The minimum absolute atomic E-state index is 0.127. The van der Waals surface area contributed by atoms with Gasteiger partial charge in [0.05, 0.1) is 0 Å². The smallest absolute Gasteiger partial charge is 0.225 e. The molecule has 2 N–H and O–H groups in total. The molecular formula is C25H46N4O2. The lowest BCUT2D eigenvalue weighted by atomic mass is 9.87. The summed E-state index contributed by atoms with van der Waals surface area (Å²) in [6.07, 6.45) is 15.2. The highest BCUT2D eigenvalue weighted by Gasteiger charge is 2.22. The fourth-order valence-corrected chi connectivity index (χ4v) is 4.84. The number of nitrogens with zero attached hydrogens (tertiary/aromatic N) is 2. The van der Waals surface area contributed by atoms with Gasteiger partial charge in [0.1, 0.15) is 0 Å². The average Bonchev–Trinajstić information content (AvgIpc) is 2.78. The van der Waals surface area contributed by atoms with Crippen LogP contribution in [0.1, 0.15) is 78.1 Å². The largest absolute Gasteiger partial charge is 0.356 e. The average molecular weight is 435 g/mol. The molecular weight excluding hydrogens is 388 g/mol. The van der Waals surface area contributed by atoms with Crippen molar-refractivity contribution >= 4 is 11.8 Å². The first kappa shape index (κ1) is 25.9. The van der Waals surface area contributed by atoms with E-state index in [9.17, 15) is 9.59 Å². The van der Waals surface area contributed by atoms with Crippen molar-refractivity contribution < 1.29 is 9.59 Å². The van der Waals surface area contributed by atoms with Crippen LogP contribution in [0.3, 0.4) is 0 Å². The number of likely N-dealkylation sites (tertiary alicyclic amines) is 2. The minimum Gasteiger partial charge on any atom is -0.356 e. The molecule has 0 saturated carbocycles. The molecule has 0 aliphatic carbocycles. The van der Waals surface area contributed by atoms with Crippen LogP contribution in [-0.2, 0) is 9.59 Å². The van der Waals surface area contributed by atoms with Gasteiger partial charge < -0.3 is 20.4 Å². The van der Waals surface area contributed by atoms with Gasteiger partial charge >= 0.3 is 0 Å². The van der Waals surface area contributed by atoms with E-state index < -0.39 is 0 Å². The predicted molar refractivity (Wildman–Crippen MR) is 128 cm³/mol. The molecule has 2 saturated heterocycles. The highest BCUT2D eigenvalue weighted by molar-refractivity contribution is 5.77. The van der Waals surface area contributed by atoms with Crippen molar-refractivity contribution in [3.8, 4) is 0 Å². The number of hydrogen-bond donors (Lipinski definition) is 2. The zero-order chi connectivity index (χ0) is 22.3. The summed E-state index contributed by atoms with van der Waals surface area (Å²) in [6.45, 7) is 11.2. The van der Waals surface area contributed by atoms with Gasteiger partial charge in [0.15, 0.2) is 0 Å². The summed E-state index contributed by atoms with van der Waals surface area (Å²) >= 11 is 0.